The highest BCUT2D eigenvalue weighted by molar-refractivity contribution is 5.89. The van der Waals surface area contributed by atoms with Gasteiger partial charge in [0.15, 0.2) is 0 Å². The van der Waals surface area contributed by atoms with Gasteiger partial charge in [-0.2, -0.15) is 0 Å². The first-order valence-corrected chi connectivity index (χ1v) is 5.76. The minimum atomic E-state index is -1.34. The van der Waals surface area contributed by atoms with Crippen molar-refractivity contribution in [3.63, 3.8) is 0 Å². The van der Waals surface area contributed by atoms with Crippen LogP contribution in [0.1, 0.15) is 28.4 Å². The predicted molar refractivity (Wildman–Crippen MR) is 67.3 cm³/mol. The van der Waals surface area contributed by atoms with Crippen molar-refractivity contribution in [2.75, 3.05) is 13.7 Å². The van der Waals surface area contributed by atoms with Gasteiger partial charge in [-0.3, -0.25) is 0 Å². The number of halogens is 1. The number of ether oxygens (including phenoxy) is 1. The van der Waals surface area contributed by atoms with Crippen molar-refractivity contribution in [3.8, 4) is 0 Å². The van der Waals surface area contributed by atoms with Crippen LogP contribution in [-0.2, 0) is 4.74 Å². The van der Waals surface area contributed by atoms with E-state index in [4.69, 9.17) is 5.53 Å². The summed E-state index contributed by atoms with van der Waals surface area (Å²) in [6, 6.07) is 3.43. The van der Waals surface area contributed by atoms with E-state index in [0.29, 0.717) is 0 Å². The largest absolute Gasteiger partial charge is 0.465 e. The van der Waals surface area contributed by atoms with E-state index in [2.05, 4.69) is 14.8 Å². The summed E-state index contributed by atoms with van der Waals surface area (Å²) in [5.74, 6) is -1.68. The van der Waals surface area contributed by atoms with Gasteiger partial charge in [-0.15, -0.1) is 0 Å². The van der Waals surface area contributed by atoms with Gasteiger partial charge in [0.1, 0.15) is 11.9 Å². The topological polar surface area (TPSA) is 116 Å². The lowest BCUT2D eigenvalue weighted by Gasteiger charge is -2.17. The fourth-order valence-electron chi connectivity index (χ4n) is 1.61. The molecule has 0 spiro atoms. The molecule has 7 nitrogen and oxygen atoms in total. The monoisotopic (exact) mass is 283 g/mol. The Hall–Kier alpha value is -2.15. The Balaban J connectivity index is 2.83. The van der Waals surface area contributed by atoms with Crippen molar-refractivity contribution >= 4 is 5.97 Å². The molecule has 1 rings (SSSR count). The minimum Gasteiger partial charge on any atom is -0.465 e. The normalized spacial score (nSPS) is 13.2. The zero-order valence-corrected chi connectivity index (χ0v) is 10.7. The molecule has 0 aliphatic heterocycles. The molecule has 0 saturated heterocycles. The van der Waals surface area contributed by atoms with Gasteiger partial charge in [0.2, 0.25) is 0 Å². The molecule has 0 fully saturated rings. The van der Waals surface area contributed by atoms with E-state index >= 15 is 0 Å². The maximum absolute atomic E-state index is 13.7. The first kappa shape index (κ1) is 15.9. The fourth-order valence-corrected chi connectivity index (χ4v) is 1.61. The number of nitrogens with zero attached hydrogens (tertiary/aromatic N) is 3. The molecule has 1 aromatic carbocycles. The summed E-state index contributed by atoms with van der Waals surface area (Å²) in [5.41, 5.74) is 7.95. The average molecular weight is 283 g/mol. The summed E-state index contributed by atoms with van der Waals surface area (Å²) in [4.78, 5) is 13.7. The Morgan fingerprint density at radius 3 is 2.80 bits per heavy atom. The predicted octanol–water partition coefficient (Wildman–Crippen LogP) is 1.71. The van der Waals surface area contributed by atoms with Crippen LogP contribution in [0.3, 0.4) is 0 Å². The van der Waals surface area contributed by atoms with Crippen LogP contribution in [-0.4, -0.2) is 35.9 Å². The number of aliphatic hydroxyl groups excluding tert-OH is 2. The molecule has 0 aromatic heterocycles. The number of esters is 1. The van der Waals surface area contributed by atoms with Crippen molar-refractivity contribution in [2.45, 2.75) is 18.6 Å². The van der Waals surface area contributed by atoms with Crippen molar-refractivity contribution in [3.05, 3.63) is 45.6 Å². The number of hydrogen-bond donors (Lipinski definition) is 2. The van der Waals surface area contributed by atoms with Crippen LogP contribution in [0.15, 0.2) is 23.3 Å². The number of benzene rings is 1. The summed E-state index contributed by atoms with van der Waals surface area (Å²) in [7, 11) is 1.13. The quantitative estimate of drug-likeness (QED) is 0.358. The molecule has 0 amide bonds. The molecule has 0 radical (unpaired) electrons. The third-order valence-corrected chi connectivity index (χ3v) is 2.69. The third-order valence-electron chi connectivity index (χ3n) is 2.69. The molecule has 108 valence electrons. The zero-order chi connectivity index (χ0) is 15.1. The Kier molecular flexibility index (Phi) is 5.92. The third kappa shape index (κ3) is 3.92. The molecule has 0 aliphatic rings. The van der Waals surface area contributed by atoms with Crippen LogP contribution in [0.5, 0.6) is 0 Å². The van der Waals surface area contributed by atoms with E-state index in [1.807, 2.05) is 0 Å². The molecule has 0 heterocycles. The second-order valence-electron chi connectivity index (χ2n) is 3.99. The second-order valence-corrected chi connectivity index (χ2v) is 3.99. The van der Waals surface area contributed by atoms with Crippen LogP contribution >= 0.6 is 0 Å². The van der Waals surface area contributed by atoms with Crippen LogP contribution in [0.4, 0.5) is 4.39 Å². The van der Waals surface area contributed by atoms with E-state index in [1.54, 1.807) is 0 Å². The van der Waals surface area contributed by atoms with E-state index in [0.717, 1.165) is 13.2 Å². The number of azide groups is 1. The Bertz CT molecular complexity index is 531. The maximum atomic E-state index is 13.7. The van der Waals surface area contributed by atoms with Crippen molar-refractivity contribution in [2.24, 2.45) is 5.11 Å². The molecular weight excluding hydrogens is 269 g/mol. The number of aliphatic hydroxyl groups is 2. The van der Waals surface area contributed by atoms with E-state index in [-0.39, 0.29) is 24.1 Å². The smallest absolute Gasteiger partial charge is 0.340 e. The molecule has 8 heteroatoms. The summed E-state index contributed by atoms with van der Waals surface area (Å²) in [5, 5.41) is 22.7. The molecular formula is C12H14FN3O4. The maximum Gasteiger partial charge on any atom is 0.340 e. The van der Waals surface area contributed by atoms with Gasteiger partial charge in [0, 0.05) is 11.5 Å². The van der Waals surface area contributed by atoms with Crippen LogP contribution in [0.25, 0.3) is 10.4 Å². The number of hydrogen-bond acceptors (Lipinski definition) is 5. The van der Waals surface area contributed by atoms with Crippen LogP contribution in [0, 0.1) is 5.82 Å². The summed E-state index contributed by atoms with van der Waals surface area (Å²) < 4.78 is 18.1. The van der Waals surface area contributed by atoms with Gasteiger partial charge in [0.25, 0.3) is 0 Å². The van der Waals surface area contributed by atoms with Gasteiger partial charge in [-0.05, 0) is 29.6 Å². The number of carbonyl (C=O) groups excluding carboxylic acids is 1. The fraction of sp³-hybridized carbons (Fsp3) is 0.417. The first-order valence-electron chi connectivity index (χ1n) is 5.76. The minimum absolute atomic E-state index is 0.0114. The first-order chi connectivity index (χ1) is 9.51. The lowest BCUT2D eigenvalue weighted by molar-refractivity contribution is 0.0148. The van der Waals surface area contributed by atoms with E-state index < -0.39 is 24.0 Å². The zero-order valence-electron chi connectivity index (χ0n) is 10.7. The molecule has 1 aromatic rings. The van der Waals surface area contributed by atoms with Gasteiger partial charge in [-0.1, -0.05) is 11.2 Å². The highest BCUT2D eigenvalue weighted by Gasteiger charge is 2.20. The van der Waals surface area contributed by atoms with Gasteiger partial charge in [-0.25, -0.2) is 9.18 Å². The van der Waals surface area contributed by atoms with Crippen molar-refractivity contribution < 1.29 is 24.1 Å². The van der Waals surface area contributed by atoms with Gasteiger partial charge < -0.3 is 14.9 Å². The summed E-state index contributed by atoms with van der Waals surface area (Å²) in [6.45, 7) is 0.0114. The van der Waals surface area contributed by atoms with Crippen molar-refractivity contribution in [1.82, 2.24) is 0 Å². The molecule has 2 atom stereocenters. The standard InChI is InChI=1S/C12H14FN3O4/c1-20-12(19)8-3-2-7(6-9(8)13)11(18)10(17)4-5-15-16-14/h2-3,6,10-11,17-18H,4-5H2,1H3. The highest BCUT2D eigenvalue weighted by atomic mass is 19.1. The highest BCUT2D eigenvalue weighted by Crippen LogP contribution is 2.22. The molecule has 0 saturated carbocycles. The number of rotatable bonds is 6. The van der Waals surface area contributed by atoms with Crippen molar-refractivity contribution in [1.29, 1.82) is 0 Å². The summed E-state index contributed by atoms with van der Waals surface area (Å²) >= 11 is 0. The summed E-state index contributed by atoms with van der Waals surface area (Å²) in [6.07, 6.45) is -2.51. The Morgan fingerprint density at radius 1 is 1.55 bits per heavy atom. The number of methoxy groups -OCH3 is 1. The van der Waals surface area contributed by atoms with Crippen LogP contribution < -0.4 is 0 Å². The average Bonchev–Trinajstić information content (AvgIpc) is 2.45. The number of carbonyl (C=O) groups is 1. The lowest BCUT2D eigenvalue weighted by Crippen LogP contribution is -2.19. The molecule has 0 aliphatic carbocycles. The Morgan fingerprint density at radius 2 is 2.25 bits per heavy atom. The molecule has 2 unspecified atom stereocenters. The SMILES string of the molecule is COC(=O)c1ccc(C(O)C(O)CCN=[N+]=[N-])cc1F. The molecule has 0 bridgehead atoms. The molecule has 2 N–H and O–H groups in total. The van der Waals surface area contributed by atoms with E-state index in [1.165, 1.54) is 12.1 Å². The van der Waals surface area contributed by atoms with E-state index in [9.17, 15) is 19.4 Å². The second kappa shape index (κ2) is 7.44. The lowest BCUT2D eigenvalue weighted by atomic mass is 10.0. The van der Waals surface area contributed by atoms with Crippen LogP contribution in [0.2, 0.25) is 0 Å². The van der Waals surface area contributed by atoms with Gasteiger partial charge in [0.05, 0.1) is 18.8 Å². The van der Waals surface area contributed by atoms with Gasteiger partial charge >= 0.3 is 5.97 Å². The molecule has 20 heavy (non-hydrogen) atoms. The Labute approximate surface area is 114 Å².